The van der Waals surface area contributed by atoms with E-state index in [0.29, 0.717) is 17.8 Å². The van der Waals surface area contributed by atoms with Crippen LogP contribution in [-0.4, -0.2) is 60.9 Å². The third kappa shape index (κ3) is 4.21. The van der Waals surface area contributed by atoms with Gasteiger partial charge in [0, 0.05) is 38.8 Å². The van der Waals surface area contributed by atoms with Crippen LogP contribution in [-0.2, 0) is 21.4 Å². The summed E-state index contributed by atoms with van der Waals surface area (Å²) in [6.45, 7) is 3.06. The van der Waals surface area contributed by atoms with E-state index < -0.39 is 15.8 Å². The van der Waals surface area contributed by atoms with Crippen molar-refractivity contribution in [1.82, 2.24) is 13.8 Å². The van der Waals surface area contributed by atoms with Gasteiger partial charge in [-0.25, -0.2) is 13.2 Å². The Labute approximate surface area is 179 Å². The van der Waals surface area contributed by atoms with Gasteiger partial charge in [0.25, 0.3) is 5.91 Å². The fraction of sp³-hybridized carbons (Fsp3) is 0.333. The molecule has 2 heterocycles. The molecule has 31 heavy (non-hydrogen) atoms. The van der Waals surface area contributed by atoms with Crippen molar-refractivity contribution in [1.29, 1.82) is 0 Å². The SMILES string of the molecule is CCn1c(=O)oc2cc(S(=O)(=O)N3CCN(C(=O)COc4ccccc4)CC3)ccc21. The van der Waals surface area contributed by atoms with Crippen molar-refractivity contribution >= 4 is 27.0 Å². The second-order valence-corrected chi connectivity index (χ2v) is 9.07. The monoisotopic (exact) mass is 445 g/mol. The standard InChI is InChI=1S/C21H23N3O6S/c1-2-24-18-9-8-17(14-19(18)30-21(24)26)31(27,28)23-12-10-22(11-13-23)20(25)15-29-16-6-4-3-5-7-16/h3-9,14H,2,10-13,15H2,1H3. The number of carbonyl (C=O) groups is 1. The molecular formula is C21H23N3O6S. The Balaban J connectivity index is 1.41. The number of hydrogen-bond acceptors (Lipinski definition) is 6. The van der Waals surface area contributed by atoms with Gasteiger partial charge < -0.3 is 14.1 Å². The van der Waals surface area contributed by atoms with Crippen molar-refractivity contribution in [2.24, 2.45) is 0 Å². The molecule has 0 N–H and O–H groups in total. The number of carbonyl (C=O) groups excluding carboxylic acids is 1. The summed E-state index contributed by atoms with van der Waals surface area (Å²) in [4.78, 5) is 25.9. The van der Waals surface area contributed by atoms with E-state index in [1.807, 2.05) is 25.1 Å². The summed E-state index contributed by atoms with van der Waals surface area (Å²) in [5.74, 6) is -0.0992. The minimum absolute atomic E-state index is 0.0594. The van der Waals surface area contributed by atoms with Crippen LogP contribution in [0.3, 0.4) is 0 Å². The first kappa shape index (κ1) is 21.1. The molecule has 0 aliphatic carbocycles. The number of piperazine rings is 1. The highest BCUT2D eigenvalue weighted by Crippen LogP contribution is 2.22. The molecule has 0 spiro atoms. The first-order valence-electron chi connectivity index (χ1n) is 9.99. The van der Waals surface area contributed by atoms with E-state index in [-0.39, 0.29) is 49.2 Å². The fourth-order valence-electron chi connectivity index (χ4n) is 3.59. The van der Waals surface area contributed by atoms with Crippen LogP contribution in [0, 0.1) is 0 Å². The Morgan fingerprint density at radius 3 is 2.45 bits per heavy atom. The quantitative estimate of drug-likeness (QED) is 0.570. The minimum atomic E-state index is -3.78. The number of ether oxygens (including phenoxy) is 1. The van der Waals surface area contributed by atoms with Gasteiger partial charge in [-0.15, -0.1) is 0 Å². The molecule has 1 amide bonds. The Bertz CT molecular complexity index is 1240. The molecule has 10 heteroatoms. The molecule has 1 fully saturated rings. The third-order valence-electron chi connectivity index (χ3n) is 5.29. The maximum absolute atomic E-state index is 13.1. The van der Waals surface area contributed by atoms with E-state index in [9.17, 15) is 18.0 Å². The number of amides is 1. The number of aromatic nitrogens is 1. The molecule has 1 aliphatic rings. The van der Waals surface area contributed by atoms with Crippen LogP contribution in [0.5, 0.6) is 5.75 Å². The van der Waals surface area contributed by atoms with Gasteiger partial charge in [0.15, 0.2) is 12.2 Å². The predicted molar refractivity (Wildman–Crippen MR) is 113 cm³/mol. The smallest absolute Gasteiger partial charge is 0.419 e. The highest BCUT2D eigenvalue weighted by molar-refractivity contribution is 7.89. The number of fused-ring (bicyclic) bond motifs is 1. The van der Waals surface area contributed by atoms with Gasteiger partial charge in [-0.05, 0) is 31.2 Å². The van der Waals surface area contributed by atoms with E-state index in [0.717, 1.165) is 0 Å². The summed E-state index contributed by atoms with van der Waals surface area (Å²) in [6, 6.07) is 13.5. The number of sulfonamides is 1. The average molecular weight is 445 g/mol. The van der Waals surface area contributed by atoms with Crippen LogP contribution >= 0.6 is 0 Å². The topological polar surface area (TPSA) is 102 Å². The van der Waals surface area contributed by atoms with Crippen molar-refractivity contribution in [3.63, 3.8) is 0 Å². The molecule has 0 saturated carbocycles. The van der Waals surface area contributed by atoms with Gasteiger partial charge in [-0.3, -0.25) is 9.36 Å². The fourth-order valence-corrected chi connectivity index (χ4v) is 5.02. The van der Waals surface area contributed by atoms with E-state index >= 15 is 0 Å². The molecule has 0 bridgehead atoms. The molecule has 164 valence electrons. The lowest BCUT2D eigenvalue weighted by atomic mass is 10.3. The lowest BCUT2D eigenvalue weighted by Gasteiger charge is -2.33. The van der Waals surface area contributed by atoms with Gasteiger partial charge in [-0.2, -0.15) is 4.31 Å². The summed E-state index contributed by atoms with van der Waals surface area (Å²) in [7, 11) is -3.78. The highest BCUT2D eigenvalue weighted by Gasteiger charge is 2.30. The summed E-state index contributed by atoms with van der Waals surface area (Å²) in [5.41, 5.74) is 0.792. The molecule has 0 unspecified atom stereocenters. The maximum atomic E-state index is 13.1. The van der Waals surface area contributed by atoms with Crippen LogP contribution in [0.4, 0.5) is 0 Å². The number of benzene rings is 2. The lowest BCUT2D eigenvalue weighted by molar-refractivity contribution is -0.134. The Hall–Kier alpha value is -3.11. The molecule has 0 atom stereocenters. The molecular weight excluding hydrogens is 422 g/mol. The van der Waals surface area contributed by atoms with Crippen molar-refractivity contribution in [2.75, 3.05) is 32.8 Å². The predicted octanol–water partition coefficient (Wildman–Crippen LogP) is 1.53. The zero-order valence-corrected chi connectivity index (χ0v) is 17.9. The van der Waals surface area contributed by atoms with Crippen LogP contribution in [0.25, 0.3) is 11.1 Å². The van der Waals surface area contributed by atoms with E-state index in [2.05, 4.69) is 0 Å². The first-order chi connectivity index (χ1) is 14.9. The first-order valence-corrected chi connectivity index (χ1v) is 11.4. The van der Waals surface area contributed by atoms with Crippen molar-refractivity contribution in [2.45, 2.75) is 18.4 Å². The summed E-state index contributed by atoms with van der Waals surface area (Å²) >= 11 is 0. The molecule has 4 rings (SSSR count). The molecule has 9 nitrogen and oxygen atoms in total. The van der Waals surface area contributed by atoms with Gasteiger partial charge in [0.1, 0.15) is 5.75 Å². The molecule has 2 aromatic carbocycles. The van der Waals surface area contributed by atoms with Crippen molar-refractivity contribution in [3.8, 4) is 5.75 Å². The van der Waals surface area contributed by atoms with Gasteiger partial charge in [0.05, 0.1) is 10.4 Å². The number of aryl methyl sites for hydroxylation is 1. The maximum Gasteiger partial charge on any atom is 0.419 e. The second kappa shape index (κ2) is 8.56. The van der Waals surface area contributed by atoms with Gasteiger partial charge >= 0.3 is 5.76 Å². The van der Waals surface area contributed by atoms with E-state index in [4.69, 9.17) is 9.15 Å². The Kier molecular flexibility index (Phi) is 5.84. The number of oxazole rings is 1. The lowest BCUT2D eigenvalue weighted by Crippen LogP contribution is -2.51. The summed E-state index contributed by atoms with van der Waals surface area (Å²) in [5, 5.41) is 0. The zero-order valence-electron chi connectivity index (χ0n) is 17.1. The molecule has 3 aromatic rings. The molecule has 1 aromatic heterocycles. The largest absolute Gasteiger partial charge is 0.484 e. The molecule has 1 saturated heterocycles. The van der Waals surface area contributed by atoms with Crippen LogP contribution in [0.15, 0.2) is 62.6 Å². The summed E-state index contributed by atoms with van der Waals surface area (Å²) < 4.78 is 39.5. The van der Waals surface area contributed by atoms with Crippen LogP contribution in [0.1, 0.15) is 6.92 Å². The number of para-hydroxylation sites is 1. The highest BCUT2D eigenvalue weighted by atomic mass is 32.2. The Morgan fingerprint density at radius 1 is 1.06 bits per heavy atom. The minimum Gasteiger partial charge on any atom is -0.484 e. The van der Waals surface area contributed by atoms with Crippen molar-refractivity contribution < 1.29 is 22.4 Å². The normalized spacial score (nSPS) is 15.3. The average Bonchev–Trinajstić information content (AvgIpc) is 3.12. The number of rotatable bonds is 6. The van der Waals surface area contributed by atoms with E-state index in [1.165, 1.54) is 21.0 Å². The van der Waals surface area contributed by atoms with Crippen molar-refractivity contribution in [3.05, 3.63) is 59.1 Å². The Morgan fingerprint density at radius 2 is 1.77 bits per heavy atom. The number of hydrogen-bond donors (Lipinski definition) is 0. The van der Waals surface area contributed by atoms with Gasteiger partial charge in [0.2, 0.25) is 10.0 Å². The van der Waals surface area contributed by atoms with E-state index in [1.54, 1.807) is 23.1 Å². The van der Waals surface area contributed by atoms with Crippen LogP contribution < -0.4 is 10.5 Å². The van der Waals surface area contributed by atoms with Crippen LogP contribution in [0.2, 0.25) is 0 Å². The van der Waals surface area contributed by atoms with Gasteiger partial charge in [-0.1, -0.05) is 18.2 Å². The molecule has 0 radical (unpaired) electrons. The third-order valence-corrected chi connectivity index (χ3v) is 7.19. The summed E-state index contributed by atoms with van der Waals surface area (Å²) in [6.07, 6.45) is 0. The number of nitrogens with zero attached hydrogens (tertiary/aromatic N) is 3. The zero-order chi connectivity index (χ0) is 22.0. The second-order valence-electron chi connectivity index (χ2n) is 7.13. The molecule has 1 aliphatic heterocycles.